The fraction of sp³-hybridized carbons (Fsp3) is 0.185. The lowest BCUT2D eigenvalue weighted by atomic mass is 9.98. The highest BCUT2D eigenvalue weighted by molar-refractivity contribution is 6.31. The highest BCUT2D eigenvalue weighted by atomic mass is 35.5. The summed E-state index contributed by atoms with van der Waals surface area (Å²) < 4.78 is 11.0. The van der Waals surface area contributed by atoms with E-state index in [1.54, 1.807) is 4.90 Å². The average Bonchev–Trinajstić information content (AvgIpc) is 2.88. The van der Waals surface area contributed by atoms with Gasteiger partial charge in [-0.3, -0.25) is 4.79 Å². The lowest BCUT2D eigenvalue weighted by molar-refractivity contribution is -0.137. The molecule has 0 unspecified atom stereocenters. The minimum Gasteiger partial charge on any atom is -0.484 e. The van der Waals surface area contributed by atoms with Crippen molar-refractivity contribution in [3.05, 3.63) is 83.9 Å². The highest BCUT2D eigenvalue weighted by Gasteiger charge is 2.17. The van der Waals surface area contributed by atoms with Gasteiger partial charge in [-0.25, -0.2) is 4.98 Å². The van der Waals surface area contributed by atoms with Gasteiger partial charge in [-0.2, -0.15) is 0 Å². The number of ether oxygens (including phenoxy) is 2. The Morgan fingerprint density at radius 2 is 1.70 bits per heavy atom. The molecule has 1 saturated heterocycles. The zero-order valence-corrected chi connectivity index (χ0v) is 18.8. The maximum Gasteiger partial charge on any atom is 0.260 e. The zero-order valence-electron chi connectivity index (χ0n) is 18.0. The summed E-state index contributed by atoms with van der Waals surface area (Å²) >= 11 is 6.28. The van der Waals surface area contributed by atoms with Gasteiger partial charge >= 0.3 is 0 Å². The number of morpholine rings is 1. The van der Waals surface area contributed by atoms with Crippen molar-refractivity contribution in [3.63, 3.8) is 0 Å². The van der Waals surface area contributed by atoms with E-state index in [0.29, 0.717) is 37.1 Å². The summed E-state index contributed by atoms with van der Waals surface area (Å²) in [7, 11) is 0. The molecule has 0 bridgehead atoms. The molecule has 4 aromatic rings. The molecular formula is C27H23ClN2O3. The van der Waals surface area contributed by atoms with E-state index in [9.17, 15) is 4.79 Å². The number of fused-ring (bicyclic) bond motifs is 1. The summed E-state index contributed by atoms with van der Waals surface area (Å²) in [5.74, 6) is 0.626. The number of amides is 1. The van der Waals surface area contributed by atoms with Crippen LogP contribution in [0.15, 0.2) is 78.9 Å². The standard InChI is InChI=1S/C27H23ClN2O3/c28-21-8-11-25-24(16-21)23(19-4-2-1-3-5-19)17-26(29-25)20-6-9-22(10-7-20)33-18-27(31)30-12-14-32-15-13-30/h1-11,16-17H,12-15,18H2. The van der Waals surface area contributed by atoms with E-state index in [2.05, 4.69) is 18.2 Å². The van der Waals surface area contributed by atoms with Gasteiger partial charge in [-0.05, 0) is 59.7 Å². The molecule has 6 heteroatoms. The summed E-state index contributed by atoms with van der Waals surface area (Å²) in [4.78, 5) is 18.9. The number of aromatic nitrogens is 1. The highest BCUT2D eigenvalue weighted by Crippen LogP contribution is 2.33. The Morgan fingerprint density at radius 3 is 2.45 bits per heavy atom. The normalized spacial score (nSPS) is 13.8. The molecule has 166 valence electrons. The fourth-order valence-corrected chi connectivity index (χ4v) is 4.15. The molecule has 5 rings (SSSR count). The Labute approximate surface area is 197 Å². The van der Waals surface area contributed by atoms with Gasteiger partial charge in [0.2, 0.25) is 0 Å². The summed E-state index contributed by atoms with van der Waals surface area (Å²) in [6.45, 7) is 2.41. The van der Waals surface area contributed by atoms with Crippen LogP contribution in [0.3, 0.4) is 0 Å². The second-order valence-electron chi connectivity index (χ2n) is 7.89. The smallest absolute Gasteiger partial charge is 0.260 e. The van der Waals surface area contributed by atoms with E-state index < -0.39 is 0 Å². The minimum atomic E-state index is -0.0234. The van der Waals surface area contributed by atoms with Crippen molar-refractivity contribution in [2.24, 2.45) is 0 Å². The Bertz CT molecular complexity index is 1270. The summed E-state index contributed by atoms with van der Waals surface area (Å²) in [6.07, 6.45) is 0. The Hall–Kier alpha value is -3.41. The van der Waals surface area contributed by atoms with E-state index in [0.717, 1.165) is 33.3 Å². The molecule has 0 N–H and O–H groups in total. The van der Waals surface area contributed by atoms with Crippen LogP contribution < -0.4 is 4.74 Å². The summed E-state index contributed by atoms with van der Waals surface area (Å²) in [5.41, 5.74) is 4.90. The first-order chi connectivity index (χ1) is 16.2. The number of hydrogen-bond donors (Lipinski definition) is 0. The van der Waals surface area contributed by atoms with E-state index in [-0.39, 0.29) is 12.5 Å². The number of halogens is 1. The molecule has 1 aliphatic heterocycles. The topological polar surface area (TPSA) is 51.7 Å². The number of nitrogens with zero attached hydrogens (tertiary/aromatic N) is 2. The quantitative estimate of drug-likeness (QED) is 0.398. The monoisotopic (exact) mass is 458 g/mol. The van der Waals surface area contributed by atoms with Crippen LogP contribution in [0.25, 0.3) is 33.3 Å². The van der Waals surface area contributed by atoms with Gasteiger partial charge in [0.15, 0.2) is 6.61 Å². The van der Waals surface area contributed by atoms with Crippen molar-refractivity contribution in [1.29, 1.82) is 0 Å². The maximum absolute atomic E-state index is 12.3. The molecule has 1 amide bonds. The number of carbonyl (C=O) groups is 1. The van der Waals surface area contributed by atoms with E-state index in [1.165, 1.54) is 0 Å². The van der Waals surface area contributed by atoms with Crippen LogP contribution in [0.1, 0.15) is 0 Å². The molecule has 2 heterocycles. The first-order valence-electron chi connectivity index (χ1n) is 10.9. The number of pyridine rings is 1. The lowest BCUT2D eigenvalue weighted by Gasteiger charge is -2.26. The van der Waals surface area contributed by atoms with Crippen molar-refractivity contribution < 1.29 is 14.3 Å². The molecular weight excluding hydrogens is 436 g/mol. The SMILES string of the molecule is O=C(COc1ccc(-c2cc(-c3ccccc3)c3cc(Cl)ccc3n2)cc1)N1CCOCC1. The summed E-state index contributed by atoms with van der Waals surface area (Å²) in [6, 6.07) is 25.8. The first kappa shape index (κ1) is 21.4. The predicted molar refractivity (Wildman–Crippen MR) is 131 cm³/mol. The van der Waals surface area contributed by atoms with Crippen molar-refractivity contribution in [1.82, 2.24) is 9.88 Å². The third kappa shape index (κ3) is 4.85. The van der Waals surface area contributed by atoms with Crippen LogP contribution in [0.2, 0.25) is 5.02 Å². The largest absolute Gasteiger partial charge is 0.484 e. The predicted octanol–water partition coefficient (Wildman–Crippen LogP) is 5.46. The molecule has 33 heavy (non-hydrogen) atoms. The second-order valence-corrected chi connectivity index (χ2v) is 8.33. The molecule has 1 aliphatic rings. The number of benzene rings is 3. The van der Waals surface area contributed by atoms with Crippen molar-refractivity contribution in [3.8, 4) is 28.1 Å². The molecule has 0 aliphatic carbocycles. The van der Waals surface area contributed by atoms with E-state index in [4.69, 9.17) is 26.1 Å². The average molecular weight is 459 g/mol. The first-order valence-corrected chi connectivity index (χ1v) is 11.3. The summed E-state index contributed by atoms with van der Waals surface area (Å²) in [5, 5.41) is 1.70. The Balaban J connectivity index is 1.40. The van der Waals surface area contributed by atoms with Crippen LogP contribution in [-0.2, 0) is 9.53 Å². The molecule has 0 atom stereocenters. The van der Waals surface area contributed by atoms with Crippen LogP contribution in [-0.4, -0.2) is 48.7 Å². The van der Waals surface area contributed by atoms with Crippen molar-refractivity contribution in [2.45, 2.75) is 0 Å². The van der Waals surface area contributed by atoms with Gasteiger partial charge in [0.25, 0.3) is 5.91 Å². The number of rotatable bonds is 5. The third-order valence-electron chi connectivity index (χ3n) is 5.73. The van der Waals surface area contributed by atoms with Crippen LogP contribution >= 0.6 is 11.6 Å². The van der Waals surface area contributed by atoms with Gasteiger partial charge in [-0.15, -0.1) is 0 Å². The molecule has 5 nitrogen and oxygen atoms in total. The van der Waals surface area contributed by atoms with Gasteiger partial charge < -0.3 is 14.4 Å². The molecule has 0 spiro atoms. The zero-order chi connectivity index (χ0) is 22.6. The van der Waals surface area contributed by atoms with Crippen LogP contribution in [0.5, 0.6) is 5.75 Å². The number of carbonyl (C=O) groups excluding carboxylic acids is 1. The Kier molecular flexibility index (Phi) is 6.24. The maximum atomic E-state index is 12.3. The second kappa shape index (κ2) is 9.61. The minimum absolute atomic E-state index is 0.0203. The van der Waals surface area contributed by atoms with Crippen molar-refractivity contribution in [2.75, 3.05) is 32.9 Å². The van der Waals surface area contributed by atoms with Gasteiger partial charge in [0.1, 0.15) is 5.75 Å². The van der Waals surface area contributed by atoms with Gasteiger partial charge in [0, 0.05) is 29.1 Å². The van der Waals surface area contributed by atoms with Crippen LogP contribution in [0.4, 0.5) is 0 Å². The molecule has 1 aromatic heterocycles. The van der Waals surface area contributed by atoms with Crippen molar-refractivity contribution >= 4 is 28.4 Å². The van der Waals surface area contributed by atoms with Gasteiger partial charge in [-0.1, -0.05) is 41.9 Å². The fourth-order valence-electron chi connectivity index (χ4n) is 3.97. The molecule has 0 saturated carbocycles. The Morgan fingerprint density at radius 1 is 0.939 bits per heavy atom. The molecule has 1 fully saturated rings. The van der Waals surface area contributed by atoms with E-state index in [1.807, 2.05) is 60.7 Å². The lowest BCUT2D eigenvalue weighted by Crippen LogP contribution is -2.42. The van der Waals surface area contributed by atoms with E-state index >= 15 is 0 Å². The number of hydrogen-bond acceptors (Lipinski definition) is 4. The van der Waals surface area contributed by atoms with Gasteiger partial charge in [0.05, 0.1) is 24.4 Å². The molecule has 3 aromatic carbocycles. The molecule has 0 radical (unpaired) electrons. The third-order valence-corrected chi connectivity index (χ3v) is 5.97. The van der Waals surface area contributed by atoms with Crippen LogP contribution in [0, 0.1) is 0 Å².